The molecule has 312 valence electrons. The minimum Gasteiger partial charge on any atom is -0.508 e. The SMILES string of the molecule is CCCCCCCC(=O)NCCCCC(NC(=O)C(N)Cc1cnc(-c2cccs2)[nH]1)C(=O)NC(Cc1ccc(C)cc1)C(=O)N[C@@H](Cc1ccc(O)cc1)C(=O)O. The average molecular weight is 816 g/mol. The number of carboxylic acid groups (broad SMARTS) is 1. The second kappa shape index (κ2) is 23.6. The number of carbonyl (C=O) groups excluding carboxylic acids is 4. The maximum atomic E-state index is 14.1. The van der Waals surface area contributed by atoms with E-state index in [-0.39, 0.29) is 37.3 Å². The normalized spacial score (nSPS) is 13.2. The monoisotopic (exact) mass is 815 g/mol. The van der Waals surface area contributed by atoms with Gasteiger partial charge in [0.05, 0.1) is 10.9 Å². The number of rotatable bonds is 25. The van der Waals surface area contributed by atoms with E-state index in [1.165, 1.54) is 23.5 Å². The average Bonchev–Trinajstić information content (AvgIpc) is 3.91. The first-order valence-corrected chi connectivity index (χ1v) is 20.9. The molecule has 0 aliphatic carbocycles. The van der Waals surface area contributed by atoms with Crippen LogP contribution in [0.2, 0.25) is 0 Å². The molecule has 2 heterocycles. The fraction of sp³-hybridized carbons (Fsp3) is 0.442. The summed E-state index contributed by atoms with van der Waals surface area (Å²) in [6.45, 7) is 4.46. The van der Waals surface area contributed by atoms with Crippen LogP contribution in [0.3, 0.4) is 0 Å². The van der Waals surface area contributed by atoms with Crippen LogP contribution >= 0.6 is 11.3 Å². The molecule has 2 aromatic heterocycles. The number of carbonyl (C=O) groups is 5. The van der Waals surface area contributed by atoms with Crippen LogP contribution in [0.15, 0.2) is 72.2 Å². The minimum absolute atomic E-state index is 0.0191. The highest BCUT2D eigenvalue weighted by Crippen LogP contribution is 2.21. The van der Waals surface area contributed by atoms with Crippen LogP contribution in [0, 0.1) is 6.92 Å². The lowest BCUT2D eigenvalue weighted by Crippen LogP contribution is -2.58. The van der Waals surface area contributed by atoms with Crippen LogP contribution in [0.1, 0.15) is 87.1 Å². The van der Waals surface area contributed by atoms with Gasteiger partial charge in [-0.15, -0.1) is 11.3 Å². The van der Waals surface area contributed by atoms with Crippen molar-refractivity contribution < 1.29 is 34.2 Å². The van der Waals surface area contributed by atoms with Gasteiger partial charge < -0.3 is 42.2 Å². The molecule has 58 heavy (non-hydrogen) atoms. The number of phenols is 1. The summed E-state index contributed by atoms with van der Waals surface area (Å²) < 4.78 is 0. The molecule has 14 nitrogen and oxygen atoms in total. The summed E-state index contributed by atoms with van der Waals surface area (Å²) in [4.78, 5) is 74.7. The van der Waals surface area contributed by atoms with Crippen molar-refractivity contribution in [2.75, 3.05) is 6.54 Å². The van der Waals surface area contributed by atoms with Crippen LogP contribution in [0.5, 0.6) is 5.75 Å². The maximum absolute atomic E-state index is 14.1. The second-order valence-corrected chi connectivity index (χ2v) is 15.6. The molecule has 4 rings (SSSR count). The Labute approximate surface area is 343 Å². The number of phenolic OH excluding ortho intramolecular Hbond substituents is 1. The zero-order chi connectivity index (χ0) is 41.9. The van der Waals surface area contributed by atoms with E-state index in [4.69, 9.17) is 5.73 Å². The number of hydrogen-bond acceptors (Lipinski definition) is 9. The highest BCUT2D eigenvalue weighted by molar-refractivity contribution is 7.13. The van der Waals surface area contributed by atoms with Crippen molar-refractivity contribution in [1.29, 1.82) is 0 Å². The van der Waals surface area contributed by atoms with E-state index in [1.807, 2.05) is 48.7 Å². The summed E-state index contributed by atoms with van der Waals surface area (Å²) in [5.74, 6) is -2.57. The van der Waals surface area contributed by atoms with Crippen molar-refractivity contribution in [3.8, 4) is 16.5 Å². The lowest BCUT2D eigenvalue weighted by Gasteiger charge is -2.25. The largest absolute Gasteiger partial charge is 0.508 e. The standard InChI is InChI=1S/C43H57N7O7S/c1-3-4-5-6-7-13-38(52)45-22-9-8-11-34(48-40(53)33(44)26-31-27-46-39(47-31)37-12-10-23-58-37)41(54)49-35(24-29-16-14-28(2)15-17-29)42(55)50-36(43(56)57)25-30-18-20-32(51)21-19-30/h10,12,14-21,23,27,33-36,51H,3-9,11,13,22,24-26,44H2,1-2H3,(H,45,52)(H,46,47)(H,48,53)(H,49,54)(H,50,55)(H,56,57)/t33?,34?,35?,36-/m0/s1. The first-order chi connectivity index (χ1) is 27.9. The van der Waals surface area contributed by atoms with Crippen molar-refractivity contribution in [2.45, 2.75) is 115 Å². The number of nitrogens with one attached hydrogen (secondary N) is 5. The van der Waals surface area contributed by atoms with Gasteiger partial charge in [-0.25, -0.2) is 9.78 Å². The number of carboxylic acids is 1. The van der Waals surface area contributed by atoms with E-state index < -0.39 is 47.9 Å². The Balaban J connectivity index is 1.46. The lowest BCUT2D eigenvalue weighted by molar-refractivity contribution is -0.142. The molecule has 0 radical (unpaired) electrons. The molecular formula is C43H57N7O7S. The molecule has 0 aliphatic rings. The van der Waals surface area contributed by atoms with E-state index >= 15 is 0 Å². The van der Waals surface area contributed by atoms with Gasteiger partial charge in [0.1, 0.15) is 29.7 Å². The van der Waals surface area contributed by atoms with Gasteiger partial charge in [0.2, 0.25) is 23.6 Å². The number of nitrogens with zero attached hydrogens (tertiary/aromatic N) is 1. The molecule has 0 saturated heterocycles. The molecule has 0 saturated carbocycles. The Morgan fingerprint density at radius 2 is 1.41 bits per heavy atom. The number of H-pyrrole nitrogens is 1. The summed E-state index contributed by atoms with van der Waals surface area (Å²) in [5.41, 5.74) is 9.28. The molecule has 9 N–H and O–H groups in total. The number of aromatic nitrogens is 2. The van der Waals surface area contributed by atoms with Gasteiger partial charge in [-0.2, -0.15) is 0 Å². The van der Waals surface area contributed by atoms with Gasteiger partial charge in [0.25, 0.3) is 0 Å². The number of amides is 4. The molecule has 4 amide bonds. The van der Waals surface area contributed by atoms with Gasteiger partial charge in [-0.3, -0.25) is 19.2 Å². The van der Waals surface area contributed by atoms with E-state index in [2.05, 4.69) is 38.2 Å². The molecule has 4 aromatic rings. The Morgan fingerprint density at radius 1 is 0.776 bits per heavy atom. The fourth-order valence-corrected chi connectivity index (χ4v) is 7.02. The van der Waals surface area contributed by atoms with Crippen LogP contribution in [-0.2, 0) is 43.2 Å². The third-order valence-electron chi connectivity index (χ3n) is 9.73. The molecule has 0 bridgehead atoms. The van der Waals surface area contributed by atoms with Gasteiger partial charge in [-0.1, -0.05) is 80.6 Å². The molecule has 0 spiro atoms. The van der Waals surface area contributed by atoms with E-state index in [0.29, 0.717) is 42.9 Å². The quantitative estimate of drug-likeness (QED) is 0.0434. The number of hydrogen-bond donors (Lipinski definition) is 8. The second-order valence-electron chi connectivity index (χ2n) is 14.6. The lowest BCUT2D eigenvalue weighted by atomic mass is 10.0. The molecule has 3 unspecified atom stereocenters. The number of aromatic amines is 1. The van der Waals surface area contributed by atoms with Crippen molar-refractivity contribution in [2.24, 2.45) is 5.73 Å². The zero-order valence-electron chi connectivity index (χ0n) is 33.3. The maximum Gasteiger partial charge on any atom is 0.326 e. The zero-order valence-corrected chi connectivity index (χ0v) is 34.1. The Morgan fingerprint density at radius 3 is 2.09 bits per heavy atom. The predicted molar refractivity (Wildman–Crippen MR) is 224 cm³/mol. The van der Waals surface area contributed by atoms with Crippen LogP contribution < -0.4 is 27.0 Å². The van der Waals surface area contributed by atoms with Crippen molar-refractivity contribution >= 4 is 40.9 Å². The third-order valence-corrected chi connectivity index (χ3v) is 10.6. The molecule has 0 aliphatic heterocycles. The van der Waals surface area contributed by atoms with Gasteiger partial charge in [0.15, 0.2) is 0 Å². The van der Waals surface area contributed by atoms with Crippen LogP contribution in [0.4, 0.5) is 0 Å². The third kappa shape index (κ3) is 15.4. The summed E-state index contributed by atoms with van der Waals surface area (Å²) in [6, 6.07) is 12.5. The van der Waals surface area contributed by atoms with Gasteiger partial charge in [0, 0.05) is 44.1 Å². The summed E-state index contributed by atoms with van der Waals surface area (Å²) in [7, 11) is 0. The highest BCUT2D eigenvalue weighted by atomic mass is 32.1. The topological polar surface area (TPSA) is 229 Å². The first-order valence-electron chi connectivity index (χ1n) is 20.0. The molecule has 4 atom stereocenters. The fourth-order valence-electron chi connectivity index (χ4n) is 6.34. The Bertz CT molecular complexity index is 1900. The number of thiophene rings is 1. The molecular weight excluding hydrogens is 759 g/mol. The number of aromatic hydroxyl groups is 1. The van der Waals surface area contributed by atoms with E-state index in [1.54, 1.807) is 18.3 Å². The van der Waals surface area contributed by atoms with Gasteiger partial charge >= 0.3 is 5.97 Å². The number of nitrogens with two attached hydrogens (primary N) is 1. The number of imidazole rings is 1. The summed E-state index contributed by atoms with van der Waals surface area (Å²) >= 11 is 1.52. The van der Waals surface area contributed by atoms with Crippen molar-refractivity contribution in [3.63, 3.8) is 0 Å². The number of benzene rings is 2. The Kier molecular flexibility index (Phi) is 18.4. The smallest absolute Gasteiger partial charge is 0.326 e. The van der Waals surface area contributed by atoms with Gasteiger partial charge in [-0.05, 0) is 67.3 Å². The number of aryl methyl sites for hydroxylation is 1. The molecule has 0 fully saturated rings. The molecule has 2 aromatic carbocycles. The summed E-state index contributed by atoms with van der Waals surface area (Å²) in [5, 5.41) is 32.7. The summed E-state index contributed by atoms with van der Waals surface area (Å²) in [6.07, 6.45) is 8.57. The number of unbranched alkanes of at least 4 members (excludes halogenated alkanes) is 5. The van der Waals surface area contributed by atoms with Crippen LogP contribution in [-0.4, -0.2) is 80.5 Å². The first kappa shape index (κ1) is 45.2. The van der Waals surface area contributed by atoms with Crippen LogP contribution in [0.25, 0.3) is 10.7 Å². The highest BCUT2D eigenvalue weighted by Gasteiger charge is 2.31. The van der Waals surface area contributed by atoms with E-state index in [0.717, 1.165) is 48.1 Å². The number of aliphatic carboxylic acids is 1. The Hall–Kier alpha value is -5.54. The van der Waals surface area contributed by atoms with E-state index in [9.17, 15) is 34.2 Å². The van der Waals surface area contributed by atoms with Crippen molar-refractivity contribution in [3.05, 3.63) is 94.6 Å². The molecule has 15 heteroatoms. The predicted octanol–water partition coefficient (Wildman–Crippen LogP) is 4.69. The minimum atomic E-state index is -1.34. The van der Waals surface area contributed by atoms with Crippen molar-refractivity contribution in [1.82, 2.24) is 31.2 Å².